The number of fused-ring (bicyclic) bond motifs is 1. The van der Waals surface area contributed by atoms with E-state index in [9.17, 15) is 10.2 Å². The summed E-state index contributed by atoms with van der Waals surface area (Å²) in [6.45, 7) is -0.434. The van der Waals surface area contributed by atoms with E-state index in [0.29, 0.717) is 11.0 Å². The molecule has 4 atom stereocenters. The molecule has 0 aliphatic carbocycles. The molecule has 1 fully saturated rings. The fraction of sp³-hybridized carbons (Fsp3) is 0.417. The highest BCUT2D eigenvalue weighted by Crippen LogP contribution is 2.34. The summed E-state index contributed by atoms with van der Waals surface area (Å²) in [6.07, 6.45) is -1.72. The zero-order valence-electron chi connectivity index (χ0n) is 10.8. The number of aliphatic hydroxyl groups is 3. The van der Waals surface area contributed by atoms with Gasteiger partial charge in [0.1, 0.15) is 42.2 Å². The first kappa shape index (κ1) is 13.7. The number of ether oxygens (including phenoxy) is 1. The lowest BCUT2D eigenvalue weighted by Crippen LogP contribution is -2.33. The Morgan fingerprint density at radius 2 is 2.14 bits per heavy atom. The molecule has 21 heavy (non-hydrogen) atoms. The topological polar surface area (TPSA) is 150 Å². The van der Waals surface area contributed by atoms with Crippen molar-refractivity contribution in [2.24, 2.45) is 0 Å². The molecule has 0 bridgehead atoms. The number of hydrogen-bond donors (Lipinski definition) is 4. The van der Waals surface area contributed by atoms with Gasteiger partial charge in [0.15, 0.2) is 6.23 Å². The van der Waals surface area contributed by atoms with Crippen LogP contribution in [0.15, 0.2) is 12.5 Å². The minimum atomic E-state index is -1.26. The zero-order chi connectivity index (χ0) is 15.1. The molecule has 0 spiro atoms. The molecule has 1 aliphatic rings. The number of nitrogens with two attached hydrogens (primary N) is 1. The Labute approximate surface area is 118 Å². The third-order valence-corrected chi connectivity index (χ3v) is 3.55. The maximum Gasteiger partial charge on any atom is 0.164 e. The normalized spacial score (nSPS) is 28.9. The average molecular weight is 291 g/mol. The van der Waals surface area contributed by atoms with Gasteiger partial charge in [-0.05, 0) is 0 Å². The van der Waals surface area contributed by atoms with Crippen LogP contribution in [0.3, 0.4) is 0 Å². The molecular weight excluding hydrogens is 278 g/mol. The van der Waals surface area contributed by atoms with Crippen molar-refractivity contribution in [2.45, 2.75) is 24.5 Å². The fourth-order valence-electron chi connectivity index (χ4n) is 2.50. The number of anilines is 1. The van der Waals surface area contributed by atoms with E-state index in [1.54, 1.807) is 0 Å². The van der Waals surface area contributed by atoms with Crippen LogP contribution < -0.4 is 5.73 Å². The molecule has 0 aromatic carbocycles. The van der Waals surface area contributed by atoms with Crippen LogP contribution >= 0.6 is 0 Å². The lowest BCUT2D eigenvalue weighted by molar-refractivity contribution is -0.0508. The van der Waals surface area contributed by atoms with Gasteiger partial charge in [0, 0.05) is 6.20 Å². The second kappa shape index (κ2) is 4.94. The molecule has 5 N–H and O–H groups in total. The molecule has 0 amide bonds. The predicted octanol–water partition coefficient (Wildman–Crippen LogP) is -1.50. The molecule has 1 aliphatic heterocycles. The first-order valence-electron chi connectivity index (χ1n) is 6.22. The van der Waals surface area contributed by atoms with E-state index >= 15 is 0 Å². The van der Waals surface area contributed by atoms with Gasteiger partial charge in [0.05, 0.1) is 17.6 Å². The van der Waals surface area contributed by atoms with E-state index in [1.165, 1.54) is 17.1 Å². The Hall–Kier alpha value is -2.25. The largest absolute Gasteiger partial charge is 0.394 e. The fourth-order valence-corrected chi connectivity index (χ4v) is 2.50. The van der Waals surface area contributed by atoms with Gasteiger partial charge in [-0.25, -0.2) is 9.97 Å². The van der Waals surface area contributed by atoms with Crippen LogP contribution in [0.2, 0.25) is 0 Å². The van der Waals surface area contributed by atoms with Crippen molar-refractivity contribution in [1.29, 1.82) is 5.26 Å². The molecule has 1 saturated heterocycles. The van der Waals surface area contributed by atoms with Gasteiger partial charge in [0.2, 0.25) is 0 Å². The number of hydrogen-bond acceptors (Lipinski definition) is 8. The smallest absolute Gasteiger partial charge is 0.164 e. The van der Waals surface area contributed by atoms with Crippen molar-refractivity contribution in [1.82, 2.24) is 14.5 Å². The molecular formula is C12H13N5O4. The van der Waals surface area contributed by atoms with Crippen LogP contribution in [0.5, 0.6) is 0 Å². The summed E-state index contributed by atoms with van der Waals surface area (Å²) < 4.78 is 6.84. The van der Waals surface area contributed by atoms with E-state index in [0.717, 1.165) is 0 Å². The van der Waals surface area contributed by atoms with Crippen molar-refractivity contribution in [3.8, 4) is 6.07 Å². The van der Waals surface area contributed by atoms with Crippen LogP contribution in [0.4, 0.5) is 5.82 Å². The van der Waals surface area contributed by atoms with Crippen molar-refractivity contribution >= 4 is 16.9 Å². The molecule has 2 aromatic rings. The summed E-state index contributed by atoms with van der Waals surface area (Å²) in [5.41, 5.74) is 6.30. The van der Waals surface area contributed by atoms with Crippen molar-refractivity contribution in [2.75, 3.05) is 12.3 Å². The Morgan fingerprint density at radius 3 is 2.76 bits per heavy atom. The summed E-state index contributed by atoms with van der Waals surface area (Å²) in [6, 6.07) is 1.98. The number of aliphatic hydroxyl groups excluding tert-OH is 3. The maximum absolute atomic E-state index is 10.1. The maximum atomic E-state index is 10.1. The summed E-state index contributed by atoms with van der Waals surface area (Å²) >= 11 is 0. The van der Waals surface area contributed by atoms with Gasteiger partial charge in [-0.3, -0.25) is 0 Å². The molecule has 3 heterocycles. The lowest BCUT2D eigenvalue weighted by atomic mass is 10.1. The monoisotopic (exact) mass is 291 g/mol. The highest BCUT2D eigenvalue weighted by atomic mass is 16.6. The van der Waals surface area contributed by atoms with Crippen LogP contribution in [0, 0.1) is 11.3 Å². The number of aromatic nitrogens is 3. The molecule has 3 rings (SSSR count). The second-order valence-electron chi connectivity index (χ2n) is 4.75. The third-order valence-electron chi connectivity index (χ3n) is 3.55. The SMILES string of the molecule is N#Cc1cn([C@@H]2O[C@H](CO)C(O)C2O)c2ncnc(N)c12. The van der Waals surface area contributed by atoms with Crippen LogP contribution in [-0.2, 0) is 4.74 Å². The molecule has 2 aromatic heterocycles. The molecule has 9 heteroatoms. The lowest BCUT2D eigenvalue weighted by Gasteiger charge is -2.17. The number of rotatable bonds is 2. The number of nitrogen functional groups attached to an aromatic ring is 1. The highest BCUT2D eigenvalue weighted by molar-refractivity contribution is 5.91. The predicted molar refractivity (Wildman–Crippen MR) is 69.7 cm³/mol. The van der Waals surface area contributed by atoms with Crippen LogP contribution in [0.1, 0.15) is 11.8 Å². The summed E-state index contributed by atoms with van der Waals surface area (Å²) in [5, 5.41) is 38.5. The van der Waals surface area contributed by atoms with E-state index in [1.807, 2.05) is 6.07 Å². The summed E-state index contributed by atoms with van der Waals surface area (Å²) in [7, 11) is 0. The third kappa shape index (κ3) is 1.93. The molecule has 110 valence electrons. The summed E-state index contributed by atoms with van der Waals surface area (Å²) in [4.78, 5) is 7.88. The molecule has 0 saturated carbocycles. The quantitative estimate of drug-likeness (QED) is 0.521. The molecule has 0 radical (unpaired) electrons. The molecule has 2 unspecified atom stereocenters. The Bertz CT molecular complexity index is 724. The van der Waals surface area contributed by atoms with Crippen molar-refractivity contribution in [3.05, 3.63) is 18.1 Å². The summed E-state index contributed by atoms with van der Waals surface area (Å²) in [5.74, 6) is 0.141. The van der Waals surface area contributed by atoms with E-state index in [4.69, 9.17) is 20.8 Å². The number of nitrogens with zero attached hydrogens (tertiary/aromatic N) is 4. The van der Waals surface area contributed by atoms with E-state index < -0.39 is 31.1 Å². The highest BCUT2D eigenvalue weighted by Gasteiger charge is 2.44. The van der Waals surface area contributed by atoms with E-state index in [2.05, 4.69) is 9.97 Å². The van der Waals surface area contributed by atoms with Gasteiger partial charge in [-0.1, -0.05) is 0 Å². The van der Waals surface area contributed by atoms with Gasteiger partial charge in [0.25, 0.3) is 0 Å². The Kier molecular flexibility index (Phi) is 3.23. The number of nitriles is 1. The van der Waals surface area contributed by atoms with Crippen molar-refractivity contribution in [3.63, 3.8) is 0 Å². The Balaban J connectivity index is 2.14. The molecule has 9 nitrogen and oxygen atoms in total. The van der Waals surface area contributed by atoms with Gasteiger partial charge >= 0.3 is 0 Å². The first-order valence-corrected chi connectivity index (χ1v) is 6.22. The Morgan fingerprint density at radius 1 is 1.38 bits per heavy atom. The van der Waals surface area contributed by atoms with Gasteiger partial charge in [-0.15, -0.1) is 0 Å². The van der Waals surface area contributed by atoms with E-state index in [-0.39, 0.29) is 11.4 Å². The zero-order valence-corrected chi connectivity index (χ0v) is 10.8. The van der Waals surface area contributed by atoms with Gasteiger partial charge in [-0.2, -0.15) is 5.26 Å². The van der Waals surface area contributed by atoms with Gasteiger partial charge < -0.3 is 30.4 Å². The first-order chi connectivity index (χ1) is 10.1. The average Bonchev–Trinajstić information content (AvgIpc) is 2.99. The second-order valence-corrected chi connectivity index (χ2v) is 4.75. The van der Waals surface area contributed by atoms with Crippen LogP contribution in [-0.4, -0.2) is 54.8 Å². The minimum absolute atomic E-state index is 0.141. The standard InChI is InChI=1S/C12H13N5O4/c13-1-5-2-17(11-7(5)10(14)15-4-16-11)12-9(20)8(19)6(3-18)21-12/h2,4,6,8-9,12,18-20H,3H2,(H2,14,15,16)/t6-,8?,9?,12-/m1/s1. The minimum Gasteiger partial charge on any atom is -0.394 e. The van der Waals surface area contributed by atoms with Crippen LogP contribution in [0.25, 0.3) is 11.0 Å². The van der Waals surface area contributed by atoms with Crippen molar-refractivity contribution < 1.29 is 20.1 Å².